The summed E-state index contributed by atoms with van der Waals surface area (Å²) in [7, 11) is 1.66. The van der Waals surface area contributed by atoms with E-state index < -0.39 is 0 Å². The van der Waals surface area contributed by atoms with Crippen LogP contribution < -0.4 is 27.0 Å². The molecule has 3 aromatic carbocycles. The molecule has 11 heteroatoms. The molecular weight excluding hydrogens is 576 g/mol. The van der Waals surface area contributed by atoms with Crippen molar-refractivity contribution in [2.75, 3.05) is 30.8 Å². The molecule has 6 rings (SSSR count). The van der Waals surface area contributed by atoms with Crippen LogP contribution in [0, 0.1) is 11.3 Å². The number of ether oxygens (including phenoxy) is 1. The number of nitriles is 1. The zero-order valence-corrected chi connectivity index (χ0v) is 25.2. The van der Waals surface area contributed by atoms with Gasteiger partial charge >= 0.3 is 0 Å². The van der Waals surface area contributed by atoms with E-state index in [1.54, 1.807) is 18.2 Å². The van der Waals surface area contributed by atoms with Gasteiger partial charge in [0.25, 0.3) is 5.91 Å². The molecule has 224 valence electrons. The van der Waals surface area contributed by atoms with E-state index in [2.05, 4.69) is 57.1 Å². The van der Waals surface area contributed by atoms with E-state index in [-0.39, 0.29) is 24.1 Å². The maximum atomic E-state index is 13.2. The minimum atomic E-state index is -0.377. The van der Waals surface area contributed by atoms with Crippen LogP contribution in [-0.2, 0) is 4.74 Å². The van der Waals surface area contributed by atoms with Gasteiger partial charge in [-0.2, -0.15) is 10.8 Å². The molecule has 0 spiro atoms. The van der Waals surface area contributed by atoms with Gasteiger partial charge in [0.1, 0.15) is 6.07 Å². The number of hydrogen-bond acceptors (Lipinski definition) is 9. The summed E-state index contributed by atoms with van der Waals surface area (Å²) in [6, 6.07) is 23.4. The van der Waals surface area contributed by atoms with Crippen LogP contribution in [0.1, 0.15) is 52.5 Å². The summed E-state index contributed by atoms with van der Waals surface area (Å²) < 4.78 is 5.34. The standard InChI is InChI=1S/C33H33ClN8O2/c1-3-28(20-8-5-4-6-9-20)39-30-23(15-35)16-36-32-26(30)13-24(14-27(32)34)38-31(29-17-37-41-40-29)21-10-7-11-22(12-21)33(43)42-18-25(19-42)44-2/h4-14,16-17,25,28,31,37-38,40-41H,3,18-19H2,1-2H3,(H,36,39)/t28-,31+/m1/s1. The van der Waals surface area contributed by atoms with Crippen molar-refractivity contribution >= 4 is 39.8 Å². The second kappa shape index (κ2) is 12.8. The van der Waals surface area contributed by atoms with E-state index in [4.69, 9.17) is 16.3 Å². The average molecular weight is 609 g/mol. The van der Waals surface area contributed by atoms with Crippen molar-refractivity contribution in [3.8, 4) is 6.07 Å². The average Bonchev–Trinajstić information content (AvgIpc) is 3.57. The highest BCUT2D eigenvalue weighted by atomic mass is 35.5. The number of carbonyl (C=O) groups excluding carboxylic acids is 1. The van der Waals surface area contributed by atoms with Crippen molar-refractivity contribution in [2.45, 2.75) is 31.5 Å². The minimum Gasteiger partial charge on any atom is -0.378 e. The Hall–Kier alpha value is -4.82. The molecule has 0 aliphatic carbocycles. The van der Waals surface area contributed by atoms with Gasteiger partial charge in [-0.05, 0) is 41.8 Å². The third kappa shape index (κ3) is 5.85. The largest absolute Gasteiger partial charge is 0.378 e. The lowest BCUT2D eigenvalue weighted by atomic mass is 9.99. The molecule has 44 heavy (non-hydrogen) atoms. The first-order chi connectivity index (χ1) is 21.5. The second-order valence-electron chi connectivity index (χ2n) is 10.8. The highest BCUT2D eigenvalue weighted by Gasteiger charge is 2.31. The summed E-state index contributed by atoms with van der Waals surface area (Å²) in [5.74, 6) is -0.0352. The van der Waals surface area contributed by atoms with E-state index in [9.17, 15) is 10.1 Å². The van der Waals surface area contributed by atoms with Gasteiger partial charge in [0.2, 0.25) is 0 Å². The summed E-state index contributed by atoms with van der Waals surface area (Å²) in [5.41, 5.74) is 14.8. The first-order valence-electron chi connectivity index (χ1n) is 14.5. The Morgan fingerprint density at radius 2 is 1.93 bits per heavy atom. The van der Waals surface area contributed by atoms with Crippen LogP contribution in [0.5, 0.6) is 0 Å². The molecule has 3 heterocycles. The molecule has 1 saturated heterocycles. The Morgan fingerprint density at radius 3 is 2.64 bits per heavy atom. The number of benzene rings is 3. The first kappa shape index (κ1) is 29.3. The van der Waals surface area contributed by atoms with Gasteiger partial charge in [0.15, 0.2) is 0 Å². The van der Waals surface area contributed by atoms with Crippen molar-refractivity contribution < 1.29 is 9.53 Å². The summed E-state index contributed by atoms with van der Waals surface area (Å²) in [5, 5.41) is 18.4. The Balaban J connectivity index is 1.36. The van der Waals surface area contributed by atoms with Gasteiger partial charge < -0.3 is 31.1 Å². The van der Waals surface area contributed by atoms with Crippen LogP contribution in [0.4, 0.5) is 11.4 Å². The molecule has 0 unspecified atom stereocenters. The van der Waals surface area contributed by atoms with Crippen LogP contribution in [0.15, 0.2) is 84.8 Å². The third-order valence-electron chi connectivity index (χ3n) is 8.04. The molecule has 2 aliphatic heterocycles. The number of fused-ring (bicyclic) bond motifs is 1. The predicted molar refractivity (Wildman–Crippen MR) is 172 cm³/mol. The van der Waals surface area contributed by atoms with E-state index >= 15 is 0 Å². The first-order valence-corrected chi connectivity index (χ1v) is 14.9. The van der Waals surface area contributed by atoms with Crippen molar-refractivity contribution in [3.05, 3.63) is 112 Å². The molecule has 0 saturated carbocycles. The predicted octanol–water partition coefficient (Wildman–Crippen LogP) is 5.40. The topological polar surface area (TPSA) is 126 Å². The number of pyridine rings is 1. The van der Waals surface area contributed by atoms with Crippen LogP contribution in [0.25, 0.3) is 10.9 Å². The molecule has 1 aromatic heterocycles. The fourth-order valence-electron chi connectivity index (χ4n) is 5.57. The van der Waals surface area contributed by atoms with Crippen LogP contribution >= 0.6 is 11.6 Å². The van der Waals surface area contributed by atoms with Gasteiger partial charge in [-0.3, -0.25) is 9.78 Å². The van der Waals surface area contributed by atoms with E-state index in [1.807, 2.05) is 60.8 Å². The molecule has 1 fully saturated rings. The van der Waals surface area contributed by atoms with E-state index in [0.29, 0.717) is 40.4 Å². The second-order valence-corrected chi connectivity index (χ2v) is 11.2. The zero-order chi connectivity index (χ0) is 30.6. The van der Waals surface area contributed by atoms with Crippen molar-refractivity contribution in [1.82, 2.24) is 26.3 Å². The number of anilines is 2. The number of rotatable bonds is 10. The maximum Gasteiger partial charge on any atom is 0.254 e. The number of aromatic nitrogens is 1. The molecule has 1 amide bonds. The van der Waals surface area contributed by atoms with Gasteiger partial charge in [-0.25, -0.2) is 0 Å². The lowest BCUT2D eigenvalue weighted by molar-refractivity contribution is -0.0192. The van der Waals surface area contributed by atoms with Gasteiger partial charge in [-0.15, -0.1) is 0 Å². The number of nitrogens with zero attached hydrogens (tertiary/aromatic N) is 3. The monoisotopic (exact) mass is 608 g/mol. The molecule has 5 N–H and O–H groups in total. The fourth-order valence-corrected chi connectivity index (χ4v) is 5.84. The van der Waals surface area contributed by atoms with Crippen molar-refractivity contribution in [3.63, 3.8) is 0 Å². The molecule has 0 radical (unpaired) electrons. The van der Waals surface area contributed by atoms with Crippen LogP contribution in [-0.4, -0.2) is 42.1 Å². The summed E-state index contributed by atoms with van der Waals surface area (Å²) in [6.45, 7) is 3.26. The van der Waals surface area contributed by atoms with Gasteiger partial charge in [-0.1, -0.05) is 61.0 Å². The van der Waals surface area contributed by atoms with Gasteiger partial charge in [0, 0.05) is 49.2 Å². The molecule has 4 aromatic rings. The number of nitrogens with one attached hydrogen (secondary N) is 5. The van der Waals surface area contributed by atoms with E-state index in [1.165, 1.54) is 0 Å². The summed E-state index contributed by atoms with van der Waals surface area (Å²) in [4.78, 5) is 19.5. The molecule has 2 aliphatic rings. The normalized spacial score (nSPS) is 15.8. The Labute approximate surface area is 261 Å². The Bertz CT molecular complexity index is 1750. The smallest absolute Gasteiger partial charge is 0.254 e. The number of hydrazine groups is 2. The number of amides is 1. The van der Waals surface area contributed by atoms with Crippen molar-refractivity contribution in [1.29, 1.82) is 5.26 Å². The summed E-state index contributed by atoms with van der Waals surface area (Å²) in [6.07, 6.45) is 4.27. The number of halogens is 1. The lowest BCUT2D eigenvalue weighted by Gasteiger charge is -2.38. The number of methoxy groups -OCH3 is 1. The quantitative estimate of drug-likeness (QED) is 0.161. The third-order valence-corrected chi connectivity index (χ3v) is 8.33. The molecule has 10 nitrogen and oxygen atoms in total. The molecule has 2 atom stereocenters. The molecule has 0 bridgehead atoms. The van der Waals surface area contributed by atoms with Crippen molar-refractivity contribution in [2.24, 2.45) is 0 Å². The van der Waals surface area contributed by atoms with Gasteiger partial charge in [0.05, 0.1) is 45.7 Å². The summed E-state index contributed by atoms with van der Waals surface area (Å²) >= 11 is 6.83. The minimum absolute atomic E-state index is 0.0205. The Morgan fingerprint density at radius 1 is 1.14 bits per heavy atom. The number of hydrogen-bond donors (Lipinski definition) is 5. The fraction of sp³-hybridized carbons (Fsp3) is 0.242. The highest BCUT2D eigenvalue weighted by Crippen LogP contribution is 2.37. The maximum absolute atomic E-state index is 13.2. The van der Waals surface area contributed by atoms with Crippen LogP contribution in [0.3, 0.4) is 0 Å². The molecular formula is C33H33ClN8O2. The van der Waals surface area contributed by atoms with Crippen LogP contribution in [0.2, 0.25) is 5.02 Å². The zero-order valence-electron chi connectivity index (χ0n) is 24.4. The SMILES string of the molecule is CC[C@@H](Nc1c(C#N)cnc2c(Cl)cc(N[C@H](C3=CNNN3)c3cccc(C(=O)N4CC(OC)C4)c3)cc12)c1ccccc1. The number of carbonyl (C=O) groups is 1. The lowest BCUT2D eigenvalue weighted by Crippen LogP contribution is -2.54. The Kier molecular flexibility index (Phi) is 8.52. The highest BCUT2D eigenvalue weighted by molar-refractivity contribution is 6.35. The van der Waals surface area contributed by atoms with E-state index in [0.717, 1.165) is 34.3 Å². The number of likely N-dealkylation sites (tertiary alicyclic amines) is 1.